The maximum absolute atomic E-state index is 6.44. The van der Waals surface area contributed by atoms with Crippen LogP contribution in [0.1, 0.15) is 56.4 Å². The summed E-state index contributed by atoms with van der Waals surface area (Å²) in [6.07, 6.45) is 2.07. The Morgan fingerprint density at radius 1 is 0.625 bits per heavy atom. The third kappa shape index (κ3) is 8.68. The van der Waals surface area contributed by atoms with Crippen LogP contribution in [0.15, 0.2) is 162 Å². The molecule has 0 aliphatic carbocycles. The van der Waals surface area contributed by atoms with E-state index in [-0.39, 0.29) is 20.1 Å². The molecule has 4 aromatic heterocycles. The van der Waals surface area contributed by atoms with Crippen molar-refractivity contribution in [1.29, 1.82) is 0 Å². The van der Waals surface area contributed by atoms with Crippen molar-refractivity contribution in [3.8, 4) is 50.6 Å². The number of aryl methyl sites for hydroxylation is 1. The predicted molar refractivity (Wildman–Crippen MR) is 266 cm³/mol. The molecular formula is C57H52IrN4OSi-2. The first-order chi connectivity index (χ1) is 30.5. The molecule has 1 radical (unpaired) electrons. The van der Waals surface area contributed by atoms with E-state index < -0.39 is 8.07 Å². The second-order valence-corrected chi connectivity index (χ2v) is 23.0. The first-order valence-corrected chi connectivity index (χ1v) is 25.4. The molecule has 0 unspecified atom stereocenters. The minimum absolute atomic E-state index is 0. The Bertz CT molecular complexity index is 3190. The molecule has 10 aromatic rings. The van der Waals surface area contributed by atoms with Crippen molar-refractivity contribution in [1.82, 2.24) is 19.5 Å². The quantitative estimate of drug-likeness (QED) is 0.112. The van der Waals surface area contributed by atoms with Crippen LogP contribution in [0.5, 0.6) is 0 Å². The van der Waals surface area contributed by atoms with Gasteiger partial charge in [-0.05, 0) is 99.4 Å². The van der Waals surface area contributed by atoms with E-state index in [0.717, 1.165) is 55.7 Å². The minimum atomic E-state index is -1.46. The molecule has 0 saturated heterocycles. The molecule has 0 aliphatic heterocycles. The van der Waals surface area contributed by atoms with Gasteiger partial charge in [0.15, 0.2) is 0 Å². The second kappa shape index (κ2) is 18.5. The van der Waals surface area contributed by atoms with E-state index in [0.29, 0.717) is 17.5 Å². The summed E-state index contributed by atoms with van der Waals surface area (Å²) in [6.45, 7) is 18.2. The summed E-state index contributed by atoms with van der Waals surface area (Å²) in [5.74, 6) is 1.40. The van der Waals surface area contributed by atoms with Crippen LogP contribution >= 0.6 is 0 Å². The van der Waals surface area contributed by atoms with Gasteiger partial charge >= 0.3 is 0 Å². The molecule has 0 fully saturated rings. The predicted octanol–water partition coefficient (Wildman–Crippen LogP) is 14.8. The van der Waals surface area contributed by atoms with Crippen LogP contribution in [0.3, 0.4) is 0 Å². The molecule has 0 atom stereocenters. The van der Waals surface area contributed by atoms with E-state index in [9.17, 15) is 0 Å². The van der Waals surface area contributed by atoms with Crippen molar-refractivity contribution < 1.29 is 24.5 Å². The first-order valence-electron chi connectivity index (χ1n) is 21.9. The van der Waals surface area contributed by atoms with Crippen LogP contribution in [0.25, 0.3) is 83.7 Å². The third-order valence-electron chi connectivity index (χ3n) is 11.7. The Morgan fingerprint density at radius 2 is 1.28 bits per heavy atom. The summed E-state index contributed by atoms with van der Waals surface area (Å²) in [7, 11) is -1.46. The van der Waals surface area contributed by atoms with Gasteiger partial charge in [-0.3, -0.25) is 4.98 Å². The van der Waals surface area contributed by atoms with Crippen molar-refractivity contribution in [2.75, 3.05) is 0 Å². The molecule has 0 saturated carbocycles. The van der Waals surface area contributed by atoms with Gasteiger partial charge in [0, 0.05) is 43.1 Å². The maximum Gasteiger partial charge on any atom is 0.216 e. The molecule has 64 heavy (non-hydrogen) atoms. The summed E-state index contributed by atoms with van der Waals surface area (Å²) in [4.78, 5) is 14.6. The normalized spacial score (nSPS) is 11.6. The number of pyridine rings is 2. The van der Waals surface area contributed by atoms with Crippen LogP contribution in [0.2, 0.25) is 19.6 Å². The van der Waals surface area contributed by atoms with Crippen molar-refractivity contribution in [2.24, 2.45) is 0 Å². The average molecular weight is 1030 g/mol. The molecule has 0 amide bonds. The van der Waals surface area contributed by atoms with Crippen LogP contribution in [0, 0.1) is 19.1 Å². The number of benzene rings is 6. The van der Waals surface area contributed by atoms with Gasteiger partial charge in [0.25, 0.3) is 0 Å². The Morgan fingerprint density at radius 3 is 1.94 bits per heavy atom. The average Bonchev–Trinajstić information content (AvgIpc) is 3.87. The van der Waals surface area contributed by atoms with Gasteiger partial charge in [-0.2, -0.15) is 0 Å². The van der Waals surface area contributed by atoms with Gasteiger partial charge in [0.2, 0.25) is 5.71 Å². The van der Waals surface area contributed by atoms with Crippen LogP contribution < -0.4 is 5.19 Å². The Hall–Kier alpha value is -6.24. The molecule has 10 rings (SSSR count). The van der Waals surface area contributed by atoms with Crippen LogP contribution in [-0.4, -0.2) is 27.6 Å². The molecule has 6 aromatic carbocycles. The summed E-state index contributed by atoms with van der Waals surface area (Å²) in [6, 6.07) is 59.5. The number of fused-ring (bicyclic) bond motifs is 4. The number of hydrogen-bond acceptors (Lipinski definition) is 4. The topological polar surface area (TPSA) is 56.7 Å². The first kappa shape index (κ1) is 44.4. The van der Waals surface area contributed by atoms with Crippen LogP contribution in [-0.2, 0) is 20.1 Å². The maximum atomic E-state index is 6.44. The molecule has 7 heteroatoms. The molecule has 0 aliphatic rings. The summed E-state index contributed by atoms with van der Waals surface area (Å²) in [5.41, 5.74) is 16.0. The Kier molecular flexibility index (Phi) is 12.8. The minimum Gasteiger partial charge on any atom is -0.486 e. The van der Waals surface area contributed by atoms with Crippen molar-refractivity contribution in [2.45, 2.75) is 66.1 Å². The summed E-state index contributed by atoms with van der Waals surface area (Å²) in [5, 5.41) is 3.42. The molecule has 0 N–H and O–H groups in total. The van der Waals surface area contributed by atoms with E-state index in [1.165, 1.54) is 44.3 Å². The fraction of sp³-hybridized carbons (Fsp3) is 0.175. The van der Waals surface area contributed by atoms with Gasteiger partial charge < -0.3 is 14.0 Å². The zero-order valence-corrected chi connectivity index (χ0v) is 41.1. The van der Waals surface area contributed by atoms with Crippen molar-refractivity contribution >= 4 is 46.4 Å². The SMILES string of the molecule is C[Si](C)(C)c1cnc(-c2[c-]cccc2)cc1-c1ccccc1.Cc1ccc2c(n1)oc1c(-c3nc4ccccc4n3-c3c(C(C)C)cc(-c4ccccc4)cc3C(C)C)[c-]ccc12.[Ir]. The number of aromatic nitrogens is 4. The van der Waals surface area contributed by atoms with Gasteiger partial charge in [-0.1, -0.05) is 137 Å². The fourth-order valence-electron chi connectivity index (χ4n) is 8.53. The second-order valence-electron chi connectivity index (χ2n) is 17.9. The zero-order chi connectivity index (χ0) is 43.8. The van der Waals surface area contributed by atoms with Gasteiger partial charge in [-0.25, -0.2) is 4.98 Å². The Balaban J connectivity index is 0.000000206. The molecule has 321 valence electrons. The van der Waals surface area contributed by atoms with Crippen molar-refractivity contribution in [3.63, 3.8) is 0 Å². The van der Waals surface area contributed by atoms with E-state index in [4.69, 9.17) is 14.4 Å². The smallest absolute Gasteiger partial charge is 0.216 e. The number of para-hydroxylation sites is 2. The van der Waals surface area contributed by atoms with Gasteiger partial charge in [0.05, 0.1) is 30.5 Å². The molecule has 0 bridgehead atoms. The fourth-order valence-corrected chi connectivity index (χ4v) is 10.0. The Labute approximate surface area is 391 Å². The monoisotopic (exact) mass is 1030 g/mol. The number of hydrogen-bond donors (Lipinski definition) is 0. The number of imidazole rings is 1. The van der Waals surface area contributed by atoms with E-state index in [2.05, 4.69) is 190 Å². The molecular weight excluding hydrogens is 977 g/mol. The molecule has 4 heterocycles. The summed E-state index contributed by atoms with van der Waals surface area (Å²) < 4.78 is 8.78. The van der Waals surface area contributed by atoms with E-state index in [1.54, 1.807) is 0 Å². The third-order valence-corrected chi connectivity index (χ3v) is 13.8. The summed E-state index contributed by atoms with van der Waals surface area (Å²) >= 11 is 0. The standard InChI is InChI=1S/C37H32N3O.C20H20NSi.Ir/c1-22(2)30-20-26(25-12-7-6-8-13-25)21-31(23(3)4)34(30)40-33-17-10-9-16-32(33)39-36(40)29-15-11-14-27-28-19-18-24(5)38-37(28)41-35(27)29;1-22(2,3)20-15-21-19(17-12-8-5-9-13-17)14-18(20)16-10-6-4-7-11-16;/h6-14,16-23H,1-5H3;4-12,14-15H,1-3H3;/q2*-1;. The number of rotatable bonds is 8. The molecule has 0 spiro atoms. The molecule has 5 nitrogen and oxygen atoms in total. The van der Waals surface area contributed by atoms with E-state index >= 15 is 0 Å². The largest absolute Gasteiger partial charge is 0.486 e. The van der Waals surface area contributed by atoms with Gasteiger partial charge in [0.1, 0.15) is 0 Å². The van der Waals surface area contributed by atoms with E-state index in [1.807, 2.05) is 43.3 Å². The zero-order valence-electron chi connectivity index (χ0n) is 37.7. The number of nitrogens with zero attached hydrogens (tertiary/aromatic N) is 4. The van der Waals surface area contributed by atoms with Gasteiger partial charge in [-0.15, -0.1) is 54.1 Å². The number of furan rings is 1. The van der Waals surface area contributed by atoms with Crippen molar-refractivity contribution in [3.05, 3.63) is 187 Å². The van der Waals surface area contributed by atoms with Crippen LogP contribution in [0.4, 0.5) is 0 Å².